The first kappa shape index (κ1) is 10.2. The number of aromatic nitrogens is 1. The van der Waals surface area contributed by atoms with Crippen LogP contribution in [0.3, 0.4) is 0 Å². The summed E-state index contributed by atoms with van der Waals surface area (Å²) in [6.45, 7) is 0. The molecule has 0 bridgehead atoms. The van der Waals surface area contributed by atoms with Crippen LogP contribution in [0.25, 0.3) is 32.8 Å². The highest BCUT2D eigenvalue weighted by molar-refractivity contribution is 6.13. The summed E-state index contributed by atoms with van der Waals surface area (Å²) in [6.07, 6.45) is 0. The highest BCUT2D eigenvalue weighted by Crippen LogP contribution is 2.35. The summed E-state index contributed by atoms with van der Waals surface area (Å²) >= 11 is 0. The van der Waals surface area contributed by atoms with Gasteiger partial charge in [0, 0.05) is 22.2 Å². The second kappa shape index (κ2) is 3.38. The molecule has 92 valence electrons. The lowest BCUT2D eigenvalue weighted by molar-refractivity contribution is 0.462. The van der Waals surface area contributed by atoms with Gasteiger partial charge in [0.25, 0.3) is 0 Å². The van der Waals surface area contributed by atoms with Crippen molar-refractivity contribution in [1.29, 1.82) is 0 Å². The fourth-order valence-corrected chi connectivity index (χ4v) is 2.46. The fourth-order valence-electron chi connectivity index (χ4n) is 2.46. The van der Waals surface area contributed by atoms with E-state index in [1.807, 2.05) is 24.3 Å². The van der Waals surface area contributed by atoms with Gasteiger partial charge in [0.15, 0.2) is 16.9 Å². The largest absolute Gasteiger partial charge is 0.494 e. The number of hydrogen-bond donors (Lipinski definition) is 2. The molecule has 2 aromatic heterocycles. The quantitative estimate of drug-likeness (QED) is 0.504. The van der Waals surface area contributed by atoms with Crippen LogP contribution in [0.5, 0.6) is 5.88 Å². The molecule has 0 atom stereocenters. The molecule has 4 aromatic rings. The number of aromatic hydroxyl groups is 1. The number of rotatable bonds is 0. The number of H-pyrrole nitrogens is 1. The van der Waals surface area contributed by atoms with E-state index in [1.165, 1.54) is 12.1 Å². The van der Waals surface area contributed by atoms with Gasteiger partial charge in [-0.05, 0) is 18.2 Å². The molecule has 0 aliphatic rings. The van der Waals surface area contributed by atoms with Crippen molar-refractivity contribution in [1.82, 2.24) is 4.98 Å². The molecule has 4 nitrogen and oxygen atoms in total. The molecule has 0 radical (unpaired) electrons. The lowest BCUT2D eigenvalue weighted by Crippen LogP contribution is -1.92. The van der Waals surface area contributed by atoms with Crippen LogP contribution in [0.1, 0.15) is 0 Å². The van der Waals surface area contributed by atoms with Crippen LogP contribution < -0.4 is 5.43 Å². The van der Waals surface area contributed by atoms with Gasteiger partial charge in [0.1, 0.15) is 5.58 Å². The number of furan rings is 1. The van der Waals surface area contributed by atoms with Crippen LogP contribution in [0.15, 0.2) is 51.7 Å². The topological polar surface area (TPSA) is 66.2 Å². The smallest absolute Gasteiger partial charge is 0.197 e. The Kier molecular flexibility index (Phi) is 1.82. The molecule has 0 unspecified atom stereocenters. The molecule has 0 saturated carbocycles. The van der Waals surface area contributed by atoms with Gasteiger partial charge in [-0.3, -0.25) is 4.79 Å². The predicted octanol–water partition coefficient (Wildman–Crippen LogP) is 3.13. The first-order valence-corrected chi connectivity index (χ1v) is 5.90. The van der Waals surface area contributed by atoms with Gasteiger partial charge >= 0.3 is 0 Å². The Hall–Kier alpha value is -2.75. The summed E-state index contributed by atoms with van der Waals surface area (Å²) in [7, 11) is 0. The fraction of sp³-hybridized carbons (Fsp3) is 0. The van der Waals surface area contributed by atoms with Crippen LogP contribution in [0, 0.1) is 0 Å². The summed E-state index contributed by atoms with van der Waals surface area (Å²) in [6, 6.07) is 12.1. The molecule has 2 N–H and O–H groups in total. The molecule has 4 rings (SSSR count). The number of hydrogen-bond acceptors (Lipinski definition) is 3. The zero-order valence-electron chi connectivity index (χ0n) is 9.81. The van der Waals surface area contributed by atoms with Gasteiger partial charge in [-0.15, -0.1) is 0 Å². The highest BCUT2D eigenvalue weighted by atomic mass is 16.3. The molecule has 2 aromatic carbocycles. The Bertz CT molecular complexity index is 995. The maximum atomic E-state index is 11.4. The zero-order valence-corrected chi connectivity index (χ0v) is 9.81. The molecule has 0 amide bonds. The van der Waals surface area contributed by atoms with E-state index in [0.717, 1.165) is 10.8 Å². The van der Waals surface area contributed by atoms with E-state index < -0.39 is 0 Å². The van der Waals surface area contributed by atoms with Crippen molar-refractivity contribution in [3.05, 3.63) is 52.7 Å². The van der Waals surface area contributed by atoms with Gasteiger partial charge in [-0.1, -0.05) is 18.2 Å². The van der Waals surface area contributed by atoms with E-state index in [2.05, 4.69) is 4.98 Å². The van der Waals surface area contributed by atoms with Crippen LogP contribution in [0.4, 0.5) is 0 Å². The number of aromatic amines is 1. The summed E-state index contributed by atoms with van der Waals surface area (Å²) in [4.78, 5) is 14.3. The highest BCUT2D eigenvalue weighted by Gasteiger charge is 2.13. The third-order valence-corrected chi connectivity index (χ3v) is 3.33. The minimum Gasteiger partial charge on any atom is -0.494 e. The number of pyridine rings is 1. The maximum Gasteiger partial charge on any atom is 0.197 e. The molecule has 0 aliphatic carbocycles. The van der Waals surface area contributed by atoms with Crippen molar-refractivity contribution in [2.75, 3.05) is 0 Å². The Morgan fingerprint density at radius 3 is 2.63 bits per heavy atom. The van der Waals surface area contributed by atoms with E-state index in [0.29, 0.717) is 22.1 Å². The normalized spacial score (nSPS) is 11.6. The van der Waals surface area contributed by atoms with Crippen LogP contribution in [-0.4, -0.2) is 10.1 Å². The van der Waals surface area contributed by atoms with E-state index in [4.69, 9.17) is 4.42 Å². The van der Waals surface area contributed by atoms with Gasteiger partial charge in [-0.2, -0.15) is 0 Å². The van der Waals surface area contributed by atoms with Crippen LogP contribution in [-0.2, 0) is 0 Å². The molecule has 0 aliphatic heterocycles. The van der Waals surface area contributed by atoms with Crippen molar-refractivity contribution in [2.24, 2.45) is 0 Å². The Morgan fingerprint density at radius 2 is 1.79 bits per heavy atom. The van der Waals surface area contributed by atoms with E-state index in [9.17, 15) is 9.90 Å². The van der Waals surface area contributed by atoms with Gasteiger partial charge < -0.3 is 14.5 Å². The standard InChI is InChI=1S/C15H9NO3/c17-8-5-6-11-12(7-8)19-14-9-3-1-2-4-10(9)15(18)16-13(11)14/h1-7,16,18H. The lowest BCUT2D eigenvalue weighted by atomic mass is 10.1. The molecule has 19 heavy (non-hydrogen) atoms. The number of benzene rings is 2. The van der Waals surface area contributed by atoms with E-state index in [1.54, 1.807) is 6.07 Å². The summed E-state index contributed by atoms with van der Waals surface area (Å²) in [5, 5.41) is 12.3. The zero-order chi connectivity index (χ0) is 13.0. The lowest BCUT2D eigenvalue weighted by Gasteiger charge is -2.01. The number of nitrogens with one attached hydrogen (secondary N) is 1. The van der Waals surface area contributed by atoms with Crippen LogP contribution >= 0.6 is 0 Å². The third-order valence-electron chi connectivity index (χ3n) is 3.33. The van der Waals surface area contributed by atoms with Crippen LogP contribution in [0.2, 0.25) is 0 Å². The Labute approximate surface area is 106 Å². The number of fused-ring (bicyclic) bond motifs is 5. The first-order valence-electron chi connectivity index (χ1n) is 5.90. The Morgan fingerprint density at radius 1 is 1.00 bits per heavy atom. The molecule has 4 heteroatoms. The minimum atomic E-state index is -0.0971. The average molecular weight is 251 g/mol. The second-order valence-corrected chi connectivity index (χ2v) is 4.48. The summed E-state index contributed by atoms with van der Waals surface area (Å²) in [5.41, 5.74) is 1.77. The van der Waals surface area contributed by atoms with Crippen molar-refractivity contribution < 1.29 is 9.52 Å². The van der Waals surface area contributed by atoms with Gasteiger partial charge in [0.05, 0.1) is 5.52 Å². The van der Waals surface area contributed by atoms with Crippen molar-refractivity contribution in [3.63, 3.8) is 0 Å². The van der Waals surface area contributed by atoms with Gasteiger partial charge in [-0.25, -0.2) is 0 Å². The SMILES string of the molecule is O=c1ccc2c(c1)oc1c3ccccc3c(O)[nH]c21. The maximum absolute atomic E-state index is 11.4. The predicted molar refractivity (Wildman–Crippen MR) is 73.5 cm³/mol. The molecule has 0 spiro atoms. The monoisotopic (exact) mass is 251 g/mol. The average Bonchev–Trinajstić information content (AvgIpc) is 2.77. The minimum absolute atomic E-state index is 0.0944. The first-order chi connectivity index (χ1) is 9.24. The molecule has 0 saturated heterocycles. The van der Waals surface area contributed by atoms with E-state index >= 15 is 0 Å². The summed E-state index contributed by atoms with van der Waals surface area (Å²) < 4.78 is 5.76. The molecular formula is C15H9NO3. The third kappa shape index (κ3) is 1.31. The molecular weight excluding hydrogens is 242 g/mol. The molecule has 0 fully saturated rings. The molecule has 2 heterocycles. The van der Waals surface area contributed by atoms with Crippen molar-refractivity contribution in [3.8, 4) is 5.88 Å². The van der Waals surface area contributed by atoms with Crippen molar-refractivity contribution in [2.45, 2.75) is 0 Å². The second-order valence-electron chi connectivity index (χ2n) is 4.48. The van der Waals surface area contributed by atoms with E-state index in [-0.39, 0.29) is 11.3 Å². The van der Waals surface area contributed by atoms with Gasteiger partial charge in [0.2, 0.25) is 0 Å². The van der Waals surface area contributed by atoms with Crippen molar-refractivity contribution >= 4 is 32.8 Å². The summed E-state index contributed by atoms with van der Waals surface area (Å²) in [5.74, 6) is 0.0944. The Balaban J connectivity index is 2.35.